The van der Waals surface area contributed by atoms with E-state index in [1.54, 1.807) is 19.1 Å². The highest BCUT2D eigenvalue weighted by Crippen LogP contribution is 2.17. The molecule has 0 saturated carbocycles. The second-order valence-electron chi connectivity index (χ2n) is 5.32. The van der Waals surface area contributed by atoms with E-state index in [4.69, 9.17) is 0 Å². The van der Waals surface area contributed by atoms with Crippen molar-refractivity contribution >= 4 is 45.7 Å². The number of sulfone groups is 1. The Bertz CT molecular complexity index is 705. The van der Waals surface area contributed by atoms with Gasteiger partial charge in [0.15, 0.2) is 15.8 Å². The molecule has 0 bridgehead atoms. The van der Waals surface area contributed by atoms with E-state index in [-0.39, 0.29) is 36.4 Å². The van der Waals surface area contributed by atoms with Gasteiger partial charge in [-0.25, -0.2) is 13.4 Å². The molecule has 0 fully saturated rings. The van der Waals surface area contributed by atoms with Crippen LogP contribution in [-0.4, -0.2) is 46.8 Å². The quantitative estimate of drug-likeness (QED) is 0.265. The van der Waals surface area contributed by atoms with Crippen molar-refractivity contribution in [3.8, 4) is 0 Å². The third-order valence-electron chi connectivity index (χ3n) is 3.25. The first kappa shape index (κ1) is 23.6. The molecule has 0 spiro atoms. The molecule has 0 aliphatic rings. The summed E-state index contributed by atoms with van der Waals surface area (Å²) in [6, 6.07) is 5.18. The predicted molar refractivity (Wildman–Crippen MR) is 109 cm³/mol. The predicted octanol–water partition coefficient (Wildman–Crippen LogP) is 1.63. The number of hydrogen-bond donors (Lipinski definition) is 2. The maximum absolute atomic E-state index is 11.6. The SMILES string of the molecule is CCNC(=NCc1ccc(S(C)(=O)=O)c(C)c1)NCCC(=O)OC.I. The Hall–Kier alpha value is -1.36. The van der Waals surface area contributed by atoms with Crippen molar-refractivity contribution < 1.29 is 17.9 Å². The van der Waals surface area contributed by atoms with Gasteiger partial charge in [-0.05, 0) is 31.0 Å². The van der Waals surface area contributed by atoms with Crippen molar-refractivity contribution in [2.75, 3.05) is 26.5 Å². The van der Waals surface area contributed by atoms with Crippen LogP contribution in [0, 0.1) is 6.92 Å². The van der Waals surface area contributed by atoms with Crippen LogP contribution in [-0.2, 0) is 25.9 Å². The number of esters is 1. The van der Waals surface area contributed by atoms with Gasteiger partial charge in [0.1, 0.15) is 0 Å². The van der Waals surface area contributed by atoms with E-state index in [2.05, 4.69) is 20.4 Å². The molecule has 0 aliphatic carbocycles. The summed E-state index contributed by atoms with van der Waals surface area (Å²) in [6.45, 7) is 5.23. The van der Waals surface area contributed by atoms with Crippen LogP contribution in [0.1, 0.15) is 24.5 Å². The maximum atomic E-state index is 11.6. The minimum Gasteiger partial charge on any atom is -0.469 e. The number of methoxy groups -OCH3 is 1. The lowest BCUT2D eigenvalue weighted by atomic mass is 10.1. The average Bonchev–Trinajstić information content (AvgIpc) is 2.51. The van der Waals surface area contributed by atoms with Crippen molar-refractivity contribution in [2.24, 2.45) is 4.99 Å². The molecule has 0 atom stereocenters. The van der Waals surface area contributed by atoms with Crippen LogP contribution in [0.2, 0.25) is 0 Å². The number of guanidine groups is 1. The van der Waals surface area contributed by atoms with Crippen molar-refractivity contribution in [1.82, 2.24) is 10.6 Å². The molecule has 0 radical (unpaired) electrons. The van der Waals surface area contributed by atoms with E-state index in [1.807, 2.05) is 13.0 Å². The summed E-state index contributed by atoms with van der Waals surface area (Å²) in [6.07, 6.45) is 1.45. The Morgan fingerprint density at radius 1 is 1.28 bits per heavy atom. The zero-order valence-corrected chi connectivity index (χ0v) is 18.1. The Morgan fingerprint density at radius 2 is 1.96 bits per heavy atom. The average molecular weight is 483 g/mol. The molecule has 1 aromatic rings. The lowest BCUT2D eigenvalue weighted by Gasteiger charge is -2.11. The molecule has 1 rings (SSSR count). The molecule has 0 amide bonds. The molecule has 0 unspecified atom stereocenters. The monoisotopic (exact) mass is 483 g/mol. The van der Waals surface area contributed by atoms with Crippen LogP contribution in [0.25, 0.3) is 0 Å². The molecule has 25 heavy (non-hydrogen) atoms. The second-order valence-corrected chi connectivity index (χ2v) is 7.30. The highest BCUT2D eigenvalue weighted by Gasteiger charge is 2.10. The molecule has 0 aromatic heterocycles. The van der Waals surface area contributed by atoms with Crippen LogP contribution < -0.4 is 10.6 Å². The van der Waals surface area contributed by atoms with Gasteiger partial charge in [-0.15, -0.1) is 24.0 Å². The molecule has 1 aromatic carbocycles. The van der Waals surface area contributed by atoms with Gasteiger partial charge < -0.3 is 15.4 Å². The van der Waals surface area contributed by atoms with Gasteiger partial charge in [0.05, 0.1) is 25.0 Å². The fraction of sp³-hybridized carbons (Fsp3) is 0.500. The van der Waals surface area contributed by atoms with E-state index in [0.717, 1.165) is 5.56 Å². The van der Waals surface area contributed by atoms with Crippen LogP contribution in [0.15, 0.2) is 28.1 Å². The van der Waals surface area contributed by atoms with Crippen molar-refractivity contribution in [3.63, 3.8) is 0 Å². The van der Waals surface area contributed by atoms with Gasteiger partial charge >= 0.3 is 5.97 Å². The summed E-state index contributed by atoms with van der Waals surface area (Å²) < 4.78 is 27.8. The number of carbonyl (C=O) groups is 1. The molecule has 0 aliphatic heterocycles. The third-order valence-corrected chi connectivity index (χ3v) is 4.51. The number of rotatable bonds is 7. The molecular formula is C16H26IN3O4S. The van der Waals surface area contributed by atoms with Crippen molar-refractivity contribution in [1.29, 1.82) is 0 Å². The Labute approximate surface area is 166 Å². The van der Waals surface area contributed by atoms with Crippen LogP contribution in [0.4, 0.5) is 0 Å². The number of benzene rings is 1. The van der Waals surface area contributed by atoms with Gasteiger partial charge in [0.2, 0.25) is 0 Å². The fourth-order valence-corrected chi connectivity index (χ4v) is 3.08. The van der Waals surface area contributed by atoms with Crippen molar-refractivity contribution in [3.05, 3.63) is 29.3 Å². The number of nitrogens with zero attached hydrogens (tertiary/aromatic N) is 1. The van der Waals surface area contributed by atoms with E-state index >= 15 is 0 Å². The highest BCUT2D eigenvalue weighted by atomic mass is 127. The largest absolute Gasteiger partial charge is 0.469 e. The second kappa shape index (κ2) is 11.3. The summed E-state index contributed by atoms with van der Waals surface area (Å²) in [7, 11) is -1.87. The zero-order chi connectivity index (χ0) is 18.2. The van der Waals surface area contributed by atoms with E-state index in [1.165, 1.54) is 13.4 Å². The summed E-state index contributed by atoms with van der Waals surface area (Å²) in [4.78, 5) is 15.9. The van der Waals surface area contributed by atoms with Crippen LogP contribution in [0.3, 0.4) is 0 Å². The number of aryl methyl sites for hydroxylation is 1. The highest BCUT2D eigenvalue weighted by molar-refractivity contribution is 14.0. The van der Waals surface area contributed by atoms with E-state index in [9.17, 15) is 13.2 Å². The van der Waals surface area contributed by atoms with Gasteiger partial charge in [0.25, 0.3) is 0 Å². The molecule has 0 saturated heterocycles. The summed E-state index contributed by atoms with van der Waals surface area (Å²) in [5.41, 5.74) is 1.61. The Morgan fingerprint density at radius 3 is 2.48 bits per heavy atom. The van der Waals surface area contributed by atoms with Gasteiger partial charge in [-0.2, -0.15) is 0 Å². The first-order valence-electron chi connectivity index (χ1n) is 7.66. The number of aliphatic imine (C=N–C) groups is 1. The number of halogens is 1. The van der Waals surface area contributed by atoms with E-state index < -0.39 is 9.84 Å². The standard InChI is InChI=1S/C16H25N3O4S.HI/c1-5-17-16(18-9-8-15(20)23-3)19-11-13-6-7-14(12(2)10-13)24(4,21)22;/h6-7,10H,5,8-9,11H2,1-4H3,(H2,17,18,19);1H. The first-order valence-corrected chi connectivity index (χ1v) is 9.55. The molecule has 0 heterocycles. The molecule has 9 heteroatoms. The van der Waals surface area contributed by atoms with Crippen molar-refractivity contribution in [2.45, 2.75) is 31.7 Å². The summed E-state index contributed by atoms with van der Waals surface area (Å²) >= 11 is 0. The first-order chi connectivity index (χ1) is 11.3. The van der Waals surface area contributed by atoms with Gasteiger partial charge in [0, 0.05) is 19.3 Å². The normalized spacial score (nSPS) is 11.4. The lowest BCUT2D eigenvalue weighted by molar-refractivity contribution is -0.140. The molecule has 2 N–H and O–H groups in total. The summed E-state index contributed by atoms with van der Waals surface area (Å²) in [5.74, 6) is 0.302. The Balaban J connectivity index is 0.00000576. The molecule has 7 nitrogen and oxygen atoms in total. The smallest absolute Gasteiger partial charge is 0.307 e. The maximum Gasteiger partial charge on any atom is 0.307 e. The zero-order valence-electron chi connectivity index (χ0n) is 15.0. The molecule has 142 valence electrons. The fourth-order valence-electron chi connectivity index (χ4n) is 2.12. The minimum atomic E-state index is -3.22. The molecular weight excluding hydrogens is 457 g/mol. The number of ether oxygens (including phenoxy) is 1. The number of carbonyl (C=O) groups excluding carboxylic acids is 1. The Kier molecular flexibility index (Phi) is 10.7. The lowest BCUT2D eigenvalue weighted by Crippen LogP contribution is -2.38. The van der Waals surface area contributed by atoms with Gasteiger partial charge in [-0.3, -0.25) is 4.79 Å². The van der Waals surface area contributed by atoms with Crippen LogP contribution in [0.5, 0.6) is 0 Å². The number of hydrogen-bond acceptors (Lipinski definition) is 5. The van der Waals surface area contributed by atoms with Gasteiger partial charge in [-0.1, -0.05) is 12.1 Å². The van der Waals surface area contributed by atoms with E-state index in [0.29, 0.717) is 36.1 Å². The summed E-state index contributed by atoms with van der Waals surface area (Å²) in [5, 5.41) is 6.13. The van der Waals surface area contributed by atoms with Crippen LogP contribution >= 0.6 is 24.0 Å². The third kappa shape index (κ3) is 8.52. The minimum absolute atomic E-state index is 0. The number of nitrogens with one attached hydrogen (secondary N) is 2. The topological polar surface area (TPSA) is 96.9 Å².